The van der Waals surface area contributed by atoms with Gasteiger partial charge in [0.15, 0.2) is 0 Å². The third kappa shape index (κ3) is 3.58. The maximum absolute atomic E-state index is 13.6. The monoisotopic (exact) mass is 397 g/mol. The van der Waals surface area contributed by atoms with Crippen LogP contribution in [0.5, 0.6) is 0 Å². The van der Waals surface area contributed by atoms with Crippen LogP contribution >= 0.6 is 0 Å². The van der Waals surface area contributed by atoms with E-state index in [9.17, 15) is 14.0 Å². The van der Waals surface area contributed by atoms with E-state index in [0.717, 1.165) is 18.7 Å². The van der Waals surface area contributed by atoms with Gasteiger partial charge in [-0.25, -0.2) is 9.18 Å². The van der Waals surface area contributed by atoms with Crippen molar-refractivity contribution in [3.8, 4) is 0 Å². The molecule has 2 aromatic rings. The van der Waals surface area contributed by atoms with Gasteiger partial charge in [-0.3, -0.25) is 9.69 Å². The second-order valence-corrected chi connectivity index (χ2v) is 7.51. The number of rotatable bonds is 4. The lowest BCUT2D eigenvalue weighted by Gasteiger charge is -2.47. The molecule has 1 atom stereocenters. The van der Waals surface area contributed by atoms with Crippen LogP contribution in [0.15, 0.2) is 48.5 Å². The Morgan fingerprint density at radius 2 is 1.93 bits per heavy atom. The minimum Gasteiger partial charge on any atom is -0.430 e. The molecule has 2 heterocycles. The molecular formula is C22H24FN3O3. The first-order valence-electron chi connectivity index (χ1n) is 9.81. The molecule has 1 saturated heterocycles. The molecule has 0 radical (unpaired) electrons. The predicted octanol–water partition coefficient (Wildman–Crippen LogP) is 2.38. The van der Waals surface area contributed by atoms with Crippen LogP contribution in [0.2, 0.25) is 0 Å². The van der Waals surface area contributed by atoms with Crippen LogP contribution in [0.4, 0.5) is 9.18 Å². The van der Waals surface area contributed by atoms with Gasteiger partial charge in [0.05, 0.1) is 0 Å². The largest absolute Gasteiger partial charge is 0.430 e. The number of hydrogen-bond donors (Lipinski definition) is 2. The summed E-state index contributed by atoms with van der Waals surface area (Å²) in [6.45, 7) is 3.98. The van der Waals surface area contributed by atoms with Crippen LogP contribution in [0.3, 0.4) is 0 Å². The maximum Gasteiger partial charge on any atom is 0.321 e. The molecule has 7 heteroatoms. The number of urea groups is 1. The van der Waals surface area contributed by atoms with Crippen molar-refractivity contribution in [1.82, 2.24) is 15.5 Å². The van der Waals surface area contributed by atoms with Crippen molar-refractivity contribution >= 4 is 12.0 Å². The maximum atomic E-state index is 13.6. The lowest BCUT2D eigenvalue weighted by Crippen LogP contribution is -2.60. The molecule has 2 aromatic carbocycles. The molecule has 0 unspecified atom stereocenters. The number of nitrogens with zero attached hydrogens (tertiary/aromatic N) is 1. The molecule has 29 heavy (non-hydrogen) atoms. The average molecular weight is 397 g/mol. The number of ether oxygens (including phenoxy) is 1. The van der Waals surface area contributed by atoms with Crippen LogP contribution in [0, 0.1) is 11.7 Å². The first kappa shape index (κ1) is 19.4. The van der Waals surface area contributed by atoms with Crippen molar-refractivity contribution in [2.45, 2.75) is 19.1 Å². The van der Waals surface area contributed by atoms with E-state index in [2.05, 4.69) is 10.6 Å². The van der Waals surface area contributed by atoms with Gasteiger partial charge in [0.2, 0.25) is 5.72 Å². The second kappa shape index (κ2) is 7.83. The number of amides is 2. The number of carbonyl (C=O) groups is 2. The quantitative estimate of drug-likeness (QED) is 0.778. The SMILES string of the molecule is CC(=O)O[C@@]1(c2ccc(F)cc2)c2ccccc2CCN1C(=O)NCC1CNC1. The van der Waals surface area contributed by atoms with Crippen LogP contribution in [-0.2, 0) is 21.7 Å². The molecule has 2 amide bonds. The molecule has 4 rings (SSSR count). The Morgan fingerprint density at radius 3 is 2.59 bits per heavy atom. The fraction of sp³-hybridized carbons (Fsp3) is 0.364. The third-order valence-electron chi connectivity index (χ3n) is 5.55. The highest BCUT2D eigenvalue weighted by Crippen LogP contribution is 2.42. The number of carbonyl (C=O) groups excluding carboxylic acids is 2. The fourth-order valence-electron chi connectivity index (χ4n) is 4.03. The summed E-state index contributed by atoms with van der Waals surface area (Å²) in [7, 11) is 0. The van der Waals surface area contributed by atoms with E-state index in [-0.39, 0.29) is 6.03 Å². The third-order valence-corrected chi connectivity index (χ3v) is 5.55. The Balaban J connectivity index is 1.80. The zero-order chi connectivity index (χ0) is 20.4. The number of benzene rings is 2. The normalized spacial score (nSPS) is 21.1. The van der Waals surface area contributed by atoms with Crippen molar-refractivity contribution in [2.24, 2.45) is 5.92 Å². The Morgan fingerprint density at radius 1 is 1.21 bits per heavy atom. The van der Waals surface area contributed by atoms with Crippen molar-refractivity contribution in [3.05, 3.63) is 71.0 Å². The molecule has 6 nitrogen and oxygen atoms in total. The first-order valence-corrected chi connectivity index (χ1v) is 9.81. The number of esters is 1. The van der Waals surface area contributed by atoms with Crippen molar-refractivity contribution in [1.29, 1.82) is 0 Å². The van der Waals surface area contributed by atoms with E-state index in [1.54, 1.807) is 17.0 Å². The van der Waals surface area contributed by atoms with E-state index in [0.29, 0.717) is 36.6 Å². The van der Waals surface area contributed by atoms with Gasteiger partial charge in [0, 0.05) is 50.1 Å². The summed E-state index contributed by atoms with van der Waals surface area (Å²) in [5.74, 6) is -0.527. The molecule has 2 N–H and O–H groups in total. The lowest BCUT2D eigenvalue weighted by molar-refractivity contribution is -0.170. The molecule has 152 valence electrons. The summed E-state index contributed by atoms with van der Waals surface area (Å²) in [4.78, 5) is 27.0. The summed E-state index contributed by atoms with van der Waals surface area (Å²) in [5.41, 5.74) is 0.789. The minimum absolute atomic E-state index is 0.308. The molecule has 0 aromatic heterocycles. The van der Waals surface area contributed by atoms with Gasteiger partial charge in [-0.05, 0) is 36.2 Å². The molecule has 0 saturated carbocycles. The minimum atomic E-state index is -1.45. The summed E-state index contributed by atoms with van der Waals surface area (Å²) in [5, 5.41) is 6.16. The molecule has 0 spiro atoms. The van der Waals surface area contributed by atoms with E-state index < -0.39 is 17.5 Å². The zero-order valence-electron chi connectivity index (χ0n) is 16.3. The highest BCUT2D eigenvalue weighted by Gasteiger charge is 2.50. The summed E-state index contributed by atoms with van der Waals surface area (Å²) < 4.78 is 19.5. The van der Waals surface area contributed by atoms with Crippen LogP contribution in [-0.4, -0.2) is 43.1 Å². The van der Waals surface area contributed by atoms with E-state index >= 15 is 0 Å². The van der Waals surface area contributed by atoms with Gasteiger partial charge in [-0.1, -0.05) is 24.3 Å². The molecule has 0 bridgehead atoms. The Hall–Kier alpha value is -2.93. The molecule has 1 fully saturated rings. The van der Waals surface area contributed by atoms with Crippen molar-refractivity contribution < 1.29 is 18.7 Å². The molecule has 2 aliphatic rings. The fourth-order valence-corrected chi connectivity index (χ4v) is 4.03. The summed E-state index contributed by atoms with van der Waals surface area (Å²) in [6, 6.07) is 13.0. The molecule has 0 aliphatic carbocycles. The van der Waals surface area contributed by atoms with E-state index in [1.165, 1.54) is 19.1 Å². The highest BCUT2D eigenvalue weighted by atomic mass is 19.1. The topological polar surface area (TPSA) is 70.7 Å². The van der Waals surface area contributed by atoms with Gasteiger partial charge in [-0.15, -0.1) is 0 Å². The predicted molar refractivity (Wildman–Crippen MR) is 106 cm³/mol. The van der Waals surface area contributed by atoms with Crippen LogP contribution in [0.1, 0.15) is 23.6 Å². The molecular weight excluding hydrogens is 373 g/mol. The summed E-state index contributed by atoms with van der Waals surface area (Å²) >= 11 is 0. The zero-order valence-corrected chi connectivity index (χ0v) is 16.3. The standard InChI is InChI=1S/C22H24FN3O3/c1-15(27)29-22(18-6-8-19(23)9-7-18)20-5-3-2-4-17(20)10-11-26(22)21(28)25-14-16-12-24-13-16/h2-9,16,24H,10-14H2,1H3,(H,25,28)/t22-/m0/s1. The van der Waals surface area contributed by atoms with Gasteiger partial charge < -0.3 is 15.4 Å². The second-order valence-electron chi connectivity index (χ2n) is 7.51. The smallest absolute Gasteiger partial charge is 0.321 e. The Labute approximate surface area is 169 Å². The lowest BCUT2D eigenvalue weighted by atomic mass is 9.84. The highest BCUT2D eigenvalue weighted by molar-refractivity contribution is 5.78. The van der Waals surface area contributed by atoms with E-state index in [4.69, 9.17) is 4.74 Å². The van der Waals surface area contributed by atoms with Crippen molar-refractivity contribution in [3.63, 3.8) is 0 Å². The average Bonchev–Trinajstić information content (AvgIpc) is 2.67. The Kier molecular flexibility index (Phi) is 5.24. The number of fused-ring (bicyclic) bond motifs is 1. The van der Waals surface area contributed by atoms with Crippen LogP contribution in [0.25, 0.3) is 0 Å². The van der Waals surface area contributed by atoms with Gasteiger partial charge in [0.1, 0.15) is 5.82 Å². The number of nitrogens with one attached hydrogen (secondary N) is 2. The first-order chi connectivity index (χ1) is 14.0. The Bertz CT molecular complexity index is 914. The van der Waals surface area contributed by atoms with Gasteiger partial charge >= 0.3 is 12.0 Å². The van der Waals surface area contributed by atoms with Crippen molar-refractivity contribution in [2.75, 3.05) is 26.2 Å². The van der Waals surface area contributed by atoms with Gasteiger partial charge in [0.25, 0.3) is 0 Å². The number of halogens is 1. The summed E-state index contributed by atoms with van der Waals surface area (Å²) in [6.07, 6.45) is 0.638. The van der Waals surface area contributed by atoms with Gasteiger partial charge in [-0.2, -0.15) is 0 Å². The van der Waals surface area contributed by atoms with E-state index in [1.807, 2.05) is 24.3 Å². The van der Waals surface area contributed by atoms with Crippen LogP contribution < -0.4 is 10.6 Å². The molecule has 2 aliphatic heterocycles. The number of hydrogen-bond acceptors (Lipinski definition) is 4.